The third-order valence-corrected chi connectivity index (χ3v) is 4.57. The molecule has 0 unspecified atom stereocenters. The van der Waals surface area contributed by atoms with Crippen molar-refractivity contribution in [1.82, 2.24) is 8.61 Å². The third-order valence-electron chi connectivity index (χ3n) is 2.63. The van der Waals surface area contributed by atoms with Gasteiger partial charge in [0.1, 0.15) is 0 Å². The van der Waals surface area contributed by atoms with E-state index in [1.54, 1.807) is 0 Å². The van der Waals surface area contributed by atoms with E-state index in [0.717, 1.165) is 9.87 Å². The van der Waals surface area contributed by atoms with Gasteiger partial charge in [-0.2, -0.15) is 17.0 Å². The van der Waals surface area contributed by atoms with Crippen LogP contribution < -0.4 is 0 Å². The molecule has 1 aromatic rings. The van der Waals surface area contributed by atoms with E-state index in [1.165, 1.54) is 18.4 Å². The molecule has 1 rings (SSSR count). The summed E-state index contributed by atoms with van der Waals surface area (Å²) in [6, 6.07) is 9.68. The molecule has 0 fully saturated rings. The standard InChI is InChI=1S/C12H20N2O3S/c1-13(2)18(16,17)14(10-11-15)9-8-12-6-4-3-5-7-12/h3-7,15H,8-11H2,1-2H3. The molecule has 0 aliphatic rings. The van der Waals surface area contributed by atoms with Crippen LogP contribution in [0, 0.1) is 0 Å². The van der Waals surface area contributed by atoms with Gasteiger partial charge in [0.25, 0.3) is 10.2 Å². The molecule has 0 aliphatic carbocycles. The lowest BCUT2D eigenvalue weighted by atomic mass is 10.1. The lowest BCUT2D eigenvalue weighted by Crippen LogP contribution is -2.42. The second-order valence-corrected chi connectivity index (χ2v) is 6.29. The Morgan fingerprint density at radius 3 is 2.22 bits per heavy atom. The summed E-state index contributed by atoms with van der Waals surface area (Å²) in [5.74, 6) is 0. The van der Waals surface area contributed by atoms with Gasteiger partial charge in [0, 0.05) is 27.2 Å². The molecule has 0 radical (unpaired) electrons. The first-order valence-electron chi connectivity index (χ1n) is 5.81. The fourth-order valence-corrected chi connectivity index (χ4v) is 2.68. The molecule has 0 atom stereocenters. The highest BCUT2D eigenvalue weighted by atomic mass is 32.2. The summed E-state index contributed by atoms with van der Waals surface area (Å²) in [6.45, 7) is 0.306. The highest BCUT2D eigenvalue weighted by molar-refractivity contribution is 7.86. The number of rotatable bonds is 7. The molecule has 0 bridgehead atoms. The van der Waals surface area contributed by atoms with Crippen LogP contribution in [-0.2, 0) is 16.6 Å². The molecular weight excluding hydrogens is 252 g/mol. The summed E-state index contributed by atoms with van der Waals surface area (Å²) in [5.41, 5.74) is 1.08. The van der Waals surface area contributed by atoms with Gasteiger partial charge >= 0.3 is 0 Å². The number of benzene rings is 1. The Balaban J connectivity index is 2.70. The lowest BCUT2D eigenvalue weighted by molar-refractivity contribution is 0.249. The molecule has 18 heavy (non-hydrogen) atoms. The Morgan fingerprint density at radius 1 is 1.11 bits per heavy atom. The van der Waals surface area contributed by atoms with Crippen molar-refractivity contribution in [3.05, 3.63) is 35.9 Å². The summed E-state index contributed by atoms with van der Waals surface area (Å²) in [7, 11) is -0.488. The number of hydrogen-bond acceptors (Lipinski definition) is 3. The fraction of sp³-hybridized carbons (Fsp3) is 0.500. The first-order chi connectivity index (χ1) is 8.48. The average molecular weight is 272 g/mol. The van der Waals surface area contributed by atoms with Crippen molar-refractivity contribution in [3.63, 3.8) is 0 Å². The molecule has 0 amide bonds. The number of nitrogens with zero attached hydrogens (tertiary/aromatic N) is 2. The van der Waals surface area contributed by atoms with E-state index in [4.69, 9.17) is 5.11 Å². The van der Waals surface area contributed by atoms with Crippen molar-refractivity contribution in [2.75, 3.05) is 33.8 Å². The Bertz CT molecular complexity index is 446. The van der Waals surface area contributed by atoms with Gasteiger partial charge in [-0.1, -0.05) is 30.3 Å². The summed E-state index contributed by atoms with van der Waals surface area (Å²) >= 11 is 0. The van der Waals surface area contributed by atoms with Crippen LogP contribution in [0.4, 0.5) is 0 Å². The van der Waals surface area contributed by atoms with Gasteiger partial charge in [0.15, 0.2) is 0 Å². The van der Waals surface area contributed by atoms with Crippen LogP contribution in [0.5, 0.6) is 0 Å². The van der Waals surface area contributed by atoms with Gasteiger partial charge in [-0.25, -0.2) is 0 Å². The fourth-order valence-electron chi connectivity index (χ4n) is 1.58. The van der Waals surface area contributed by atoms with Crippen LogP contribution >= 0.6 is 0 Å². The first kappa shape index (κ1) is 15.1. The molecule has 0 spiro atoms. The Kier molecular flexibility index (Phi) is 5.74. The molecule has 0 aromatic heterocycles. The largest absolute Gasteiger partial charge is 0.395 e. The molecule has 0 heterocycles. The quantitative estimate of drug-likeness (QED) is 0.778. The SMILES string of the molecule is CN(C)S(=O)(=O)N(CCO)CCc1ccccc1. The van der Waals surface area contributed by atoms with Crippen LogP contribution in [0.1, 0.15) is 5.56 Å². The number of aliphatic hydroxyl groups excluding tert-OH is 1. The minimum atomic E-state index is -3.46. The first-order valence-corrected chi connectivity index (χ1v) is 7.20. The Morgan fingerprint density at radius 2 is 1.72 bits per heavy atom. The second-order valence-electron chi connectivity index (χ2n) is 4.15. The average Bonchev–Trinajstić information content (AvgIpc) is 2.35. The van der Waals surface area contributed by atoms with Gasteiger partial charge < -0.3 is 5.11 Å². The van der Waals surface area contributed by atoms with Crippen molar-refractivity contribution in [1.29, 1.82) is 0 Å². The third kappa shape index (κ3) is 4.06. The van der Waals surface area contributed by atoms with Gasteiger partial charge in [0.2, 0.25) is 0 Å². The molecule has 0 saturated heterocycles. The van der Waals surface area contributed by atoms with Crippen molar-refractivity contribution in [3.8, 4) is 0 Å². The summed E-state index contributed by atoms with van der Waals surface area (Å²) in [4.78, 5) is 0. The van der Waals surface area contributed by atoms with E-state index >= 15 is 0 Å². The smallest absolute Gasteiger partial charge is 0.281 e. The highest BCUT2D eigenvalue weighted by Gasteiger charge is 2.23. The Labute approximate surface area is 109 Å². The maximum Gasteiger partial charge on any atom is 0.281 e. The van der Waals surface area contributed by atoms with Crippen LogP contribution in [-0.4, -0.2) is 55.9 Å². The van der Waals surface area contributed by atoms with Crippen LogP contribution in [0.15, 0.2) is 30.3 Å². The predicted octanol–water partition coefficient (Wildman–Crippen LogP) is 0.330. The molecule has 1 N–H and O–H groups in total. The molecule has 0 aliphatic heterocycles. The van der Waals surface area contributed by atoms with E-state index in [9.17, 15) is 8.42 Å². The van der Waals surface area contributed by atoms with Crippen LogP contribution in [0.25, 0.3) is 0 Å². The molecule has 6 heteroatoms. The normalized spacial score (nSPS) is 12.3. The molecule has 0 saturated carbocycles. The zero-order chi connectivity index (χ0) is 13.6. The van der Waals surface area contributed by atoms with E-state index in [1.807, 2.05) is 30.3 Å². The maximum absolute atomic E-state index is 12.0. The second kappa shape index (κ2) is 6.84. The molecule has 5 nitrogen and oxygen atoms in total. The van der Waals surface area contributed by atoms with Crippen molar-refractivity contribution in [2.45, 2.75) is 6.42 Å². The molecule has 1 aromatic carbocycles. The summed E-state index contributed by atoms with van der Waals surface area (Å²) in [6.07, 6.45) is 0.633. The van der Waals surface area contributed by atoms with E-state index in [0.29, 0.717) is 13.0 Å². The van der Waals surface area contributed by atoms with Gasteiger partial charge in [-0.3, -0.25) is 0 Å². The molecular formula is C12H20N2O3S. The lowest BCUT2D eigenvalue weighted by Gasteiger charge is -2.24. The zero-order valence-corrected chi connectivity index (χ0v) is 11.6. The van der Waals surface area contributed by atoms with E-state index in [2.05, 4.69) is 0 Å². The van der Waals surface area contributed by atoms with Gasteiger partial charge in [-0.05, 0) is 12.0 Å². The van der Waals surface area contributed by atoms with E-state index < -0.39 is 10.2 Å². The molecule has 102 valence electrons. The maximum atomic E-state index is 12.0. The number of aliphatic hydroxyl groups is 1. The van der Waals surface area contributed by atoms with Crippen LogP contribution in [0.3, 0.4) is 0 Å². The van der Waals surface area contributed by atoms with Crippen molar-refractivity contribution in [2.24, 2.45) is 0 Å². The van der Waals surface area contributed by atoms with Crippen LogP contribution in [0.2, 0.25) is 0 Å². The Hall–Kier alpha value is -0.950. The van der Waals surface area contributed by atoms with E-state index in [-0.39, 0.29) is 13.2 Å². The van der Waals surface area contributed by atoms with Gasteiger partial charge in [-0.15, -0.1) is 0 Å². The van der Waals surface area contributed by atoms with Crippen molar-refractivity contribution < 1.29 is 13.5 Å². The predicted molar refractivity (Wildman–Crippen MR) is 71.4 cm³/mol. The minimum absolute atomic E-state index is 0.118. The topological polar surface area (TPSA) is 60.9 Å². The zero-order valence-electron chi connectivity index (χ0n) is 10.8. The highest BCUT2D eigenvalue weighted by Crippen LogP contribution is 2.07. The minimum Gasteiger partial charge on any atom is -0.395 e. The monoisotopic (exact) mass is 272 g/mol. The summed E-state index contributed by atoms with van der Waals surface area (Å²) < 4.78 is 26.4. The summed E-state index contributed by atoms with van der Waals surface area (Å²) in [5, 5.41) is 8.95. The van der Waals surface area contributed by atoms with Gasteiger partial charge in [0.05, 0.1) is 6.61 Å². The number of hydrogen-bond donors (Lipinski definition) is 1. The van der Waals surface area contributed by atoms with Crippen molar-refractivity contribution >= 4 is 10.2 Å².